The number of nitrogens with one attached hydrogen (secondary N) is 2. The Labute approximate surface area is 126 Å². The van der Waals surface area contributed by atoms with Gasteiger partial charge in [0.25, 0.3) is 0 Å². The summed E-state index contributed by atoms with van der Waals surface area (Å²) in [6, 6.07) is -3.57. The standard InChI is InChI=1S/C11H19N3O6S/c1-2-5(12)9(17)13-6(3-8(15)16)10(18)14-7(4-21)11(19)20/h5-7,21H,2-4,12H2,1H3,(H,13,17)(H,14,18)(H,15,16)(H,19,20)/t5-,6-,7-/m0/s1. The summed E-state index contributed by atoms with van der Waals surface area (Å²) in [6.07, 6.45) is -0.380. The van der Waals surface area contributed by atoms with Gasteiger partial charge in [-0.2, -0.15) is 12.6 Å². The topological polar surface area (TPSA) is 159 Å². The first kappa shape index (κ1) is 19.2. The second kappa shape index (κ2) is 9.19. The smallest absolute Gasteiger partial charge is 0.327 e. The van der Waals surface area contributed by atoms with Crippen molar-refractivity contribution in [3.8, 4) is 0 Å². The van der Waals surface area contributed by atoms with Crippen LogP contribution >= 0.6 is 12.6 Å². The van der Waals surface area contributed by atoms with Gasteiger partial charge in [0.15, 0.2) is 0 Å². The van der Waals surface area contributed by atoms with Gasteiger partial charge >= 0.3 is 11.9 Å². The van der Waals surface area contributed by atoms with Crippen LogP contribution in [0.2, 0.25) is 0 Å². The van der Waals surface area contributed by atoms with Crippen molar-refractivity contribution in [1.29, 1.82) is 0 Å². The molecule has 0 aliphatic heterocycles. The van der Waals surface area contributed by atoms with Crippen molar-refractivity contribution in [2.24, 2.45) is 5.73 Å². The number of rotatable bonds is 9. The number of thiol groups is 1. The van der Waals surface area contributed by atoms with E-state index in [0.29, 0.717) is 6.42 Å². The lowest BCUT2D eigenvalue weighted by Gasteiger charge is -2.20. The molecule has 10 heteroatoms. The second-order valence-corrected chi connectivity index (χ2v) is 4.62. The summed E-state index contributed by atoms with van der Waals surface area (Å²) in [5, 5.41) is 21.8. The molecule has 6 N–H and O–H groups in total. The molecule has 9 nitrogen and oxygen atoms in total. The number of aliphatic carboxylic acids is 2. The number of carbonyl (C=O) groups is 4. The highest BCUT2D eigenvalue weighted by Gasteiger charge is 2.28. The van der Waals surface area contributed by atoms with Crippen LogP contribution in [-0.2, 0) is 19.2 Å². The lowest BCUT2D eigenvalue weighted by Crippen LogP contribution is -2.55. The van der Waals surface area contributed by atoms with Gasteiger partial charge in [-0.1, -0.05) is 6.92 Å². The molecule has 0 fully saturated rings. The minimum absolute atomic E-state index is 0.177. The predicted octanol–water partition coefficient (Wildman–Crippen LogP) is -1.82. The third-order valence-electron chi connectivity index (χ3n) is 2.59. The molecule has 0 unspecified atom stereocenters. The molecule has 120 valence electrons. The van der Waals surface area contributed by atoms with E-state index in [2.05, 4.69) is 23.3 Å². The summed E-state index contributed by atoms with van der Waals surface area (Å²) in [7, 11) is 0. The number of hydrogen-bond acceptors (Lipinski definition) is 6. The van der Waals surface area contributed by atoms with E-state index in [1.165, 1.54) is 0 Å². The first-order valence-corrected chi connectivity index (χ1v) is 6.77. The molecule has 0 aliphatic rings. The monoisotopic (exact) mass is 321 g/mol. The maximum absolute atomic E-state index is 11.9. The second-order valence-electron chi connectivity index (χ2n) is 4.26. The molecule has 0 radical (unpaired) electrons. The van der Waals surface area contributed by atoms with Gasteiger partial charge in [-0.3, -0.25) is 14.4 Å². The summed E-state index contributed by atoms with van der Waals surface area (Å²) in [6.45, 7) is 1.65. The van der Waals surface area contributed by atoms with E-state index in [-0.39, 0.29) is 5.75 Å². The van der Waals surface area contributed by atoms with Crippen LogP contribution in [0.3, 0.4) is 0 Å². The van der Waals surface area contributed by atoms with Crippen LogP contribution in [0.25, 0.3) is 0 Å². The fraction of sp³-hybridized carbons (Fsp3) is 0.636. The number of carbonyl (C=O) groups excluding carboxylic acids is 2. The molecule has 0 bridgehead atoms. The molecule has 0 spiro atoms. The Kier molecular flexibility index (Phi) is 8.39. The zero-order chi connectivity index (χ0) is 16.6. The zero-order valence-electron chi connectivity index (χ0n) is 11.4. The molecule has 2 amide bonds. The van der Waals surface area contributed by atoms with Crippen molar-refractivity contribution >= 4 is 36.4 Å². The van der Waals surface area contributed by atoms with E-state index < -0.39 is 48.3 Å². The van der Waals surface area contributed by atoms with E-state index in [1.807, 2.05) is 0 Å². The average molecular weight is 321 g/mol. The van der Waals surface area contributed by atoms with Crippen LogP contribution in [0, 0.1) is 0 Å². The SMILES string of the molecule is CC[C@H](N)C(=O)N[C@@H](CC(=O)O)C(=O)N[C@@H](CS)C(=O)O. The van der Waals surface area contributed by atoms with Crippen LogP contribution < -0.4 is 16.4 Å². The normalized spacial score (nSPS) is 14.6. The van der Waals surface area contributed by atoms with Gasteiger partial charge in [0.1, 0.15) is 12.1 Å². The largest absolute Gasteiger partial charge is 0.481 e. The minimum Gasteiger partial charge on any atom is -0.481 e. The van der Waals surface area contributed by atoms with Crippen LogP contribution in [0.4, 0.5) is 0 Å². The first-order valence-electron chi connectivity index (χ1n) is 6.14. The van der Waals surface area contributed by atoms with Gasteiger partial charge in [-0.15, -0.1) is 0 Å². The molecule has 3 atom stereocenters. The molecule has 0 heterocycles. The van der Waals surface area contributed by atoms with E-state index in [1.54, 1.807) is 6.92 Å². The molecule has 0 saturated heterocycles. The van der Waals surface area contributed by atoms with E-state index in [9.17, 15) is 19.2 Å². The third-order valence-corrected chi connectivity index (χ3v) is 2.95. The highest BCUT2D eigenvalue weighted by molar-refractivity contribution is 7.80. The molecule has 0 aliphatic carbocycles. The van der Waals surface area contributed by atoms with Crippen molar-refractivity contribution in [1.82, 2.24) is 10.6 Å². The Balaban J connectivity index is 4.88. The number of carboxylic acids is 2. The van der Waals surface area contributed by atoms with Crippen LogP contribution in [-0.4, -0.2) is 57.8 Å². The van der Waals surface area contributed by atoms with Gasteiger partial charge < -0.3 is 26.6 Å². The van der Waals surface area contributed by atoms with Crippen LogP contribution in [0.1, 0.15) is 19.8 Å². The lowest BCUT2D eigenvalue weighted by atomic mass is 10.1. The number of nitrogens with two attached hydrogens (primary N) is 1. The molecule has 0 aromatic rings. The number of carboxylic acid groups (broad SMARTS) is 2. The first-order chi connectivity index (χ1) is 9.72. The summed E-state index contributed by atoms with van der Waals surface area (Å²) >= 11 is 3.77. The van der Waals surface area contributed by atoms with Gasteiger partial charge in [-0.25, -0.2) is 4.79 Å². The summed E-state index contributed by atoms with van der Waals surface area (Å²) < 4.78 is 0. The van der Waals surface area contributed by atoms with Crippen molar-refractivity contribution in [2.45, 2.75) is 37.9 Å². The molecule has 0 aromatic heterocycles. The quantitative estimate of drug-likeness (QED) is 0.273. The highest BCUT2D eigenvalue weighted by atomic mass is 32.1. The minimum atomic E-state index is -1.41. The van der Waals surface area contributed by atoms with Crippen molar-refractivity contribution < 1.29 is 29.4 Å². The van der Waals surface area contributed by atoms with Crippen molar-refractivity contribution in [3.05, 3.63) is 0 Å². The number of hydrogen-bond donors (Lipinski definition) is 6. The molecule has 21 heavy (non-hydrogen) atoms. The average Bonchev–Trinajstić information content (AvgIpc) is 2.41. The zero-order valence-corrected chi connectivity index (χ0v) is 12.3. The molecular formula is C11H19N3O6S. The maximum atomic E-state index is 11.9. The Morgan fingerprint density at radius 3 is 2.00 bits per heavy atom. The van der Waals surface area contributed by atoms with Gasteiger partial charge in [0.2, 0.25) is 11.8 Å². The summed E-state index contributed by atoms with van der Waals surface area (Å²) in [5.41, 5.74) is 5.47. The van der Waals surface area contributed by atoms with E-state index in [0.717, 1.165) is 0 Å². The van der Waals surface area contributed by atoms with Crippen molar-refractivity contribution in [3.63, 3.8) is 0 Å². The molecule has 0 rings (SSSR count). The highest BCUT2D eigenvalue weighted by Crippen LogP contribution is 1.98. The van der Waals surface area contributed by atoms with Gasteiger partial charge in [-0.05, 0) is 6.42 Å². The summed E-state index contributed by atoms with van der Waals surface area (Å²) in [4.78, 5) is 45.0. The third kappa shape index (κ3) is 6.95. The van der Waals surface area contributed by atoms with Gasteiger partial charge in [0.05, 0.1) is 12.5 Å². The van der Waals surface area contributed by atoms with E-state index in [4.69, 9.17) is 15.9 Å². The fourth-order valence-electron chi connectivity index (χ4n) is 1.31. The van der Waals surface area contributed by atoms with E-state index >= 15 is 0 Å². The fourth-order valence-corrected chi connectivity index (χ4v) is 1.55. The van der Waals surface area contributed by atoms with Crippen molar-refractivity contribution in [2.75, 3.05) is 5.75 Å². The Bertz CT molecular complexity index is 417. The Hall–Kier alpha value is -1.81. The summed E-state index contributed by atoms with van der Waals surface area (Å²) in [5.74, 6) is -4.42. The number of amides is 2. The Morgan fingerprint density at radius 2 is 1.62 bits per heavy atom. The van der Waals surface area contributed by atoms with Gasteiger partial charge in [0, 0.05) is 5.75 Å². The molecular weight excluding hydrogens is 302 g/mol. The van der Waals surface area contributed by atoms with Crippen LogP contribution in [0.5, 0.6) is 0 Å². The maximum Gasteiger partial charge on any atom is 0.327 e. The lowest BCUT2D eigenvalue weighted by molar-refractivity contribution is -0.143. The Morgan fingerprint density at radius 1 is 1.10 bits per heavy atom. The molecule has 0 aromatic carbocycles. The van der Waals surface area contributed by atoms with Crippen LogP contribution in [0.15, 0.2) is 0 Å². The molecule has 0 saturated carbocycles. The predicted molar refractivity (Wildman–Crippen MR) is 75.9 cm³/mol.